The van der Waals surface area contributed by atoms with Crippen molar-refractivity contribution in [1.82, 2.24) is 35.7 Å². The van der Waals surface area contributed by atoms with Crippen LogP contribution in [0.15, 0.2) is 46.8 Å². The number of nitrogens with one attached hydrogen (secondary N) is 2. The number of thioether (sulfide) groups is 2. The first-order valence-corrected chi connectivity index (χ1v) is 14.3. The molecule has 15 nitrogen and oxygen atoms in total. The molecule has 0 spiro atoms. The van der Waals surface area contributed by atoms with Crippen LogP contribution < -0.4 is 10.6 Å². The van der Waals surface area contributed by atoms with Crippen LogP contribution >= 0.6 is 23.5 Å². The van der Waals surface area contributed by atoms with Crippen molar-refractivity contribution >= 4 is 53.2 Å². The van der Waals surface area contributed by atoms with Crippen LogP contribution in [0.1, 0.15) is 29.6 Å². The number of tetrazole rings is 1. The third kappa shape index (κ3) is 6.20. The van der Waals surface area contributed by atoms with Gasteiger partial charge in [0.2, 0.25) is 11.1 Å². The number of carboxylic acids is 2. The number of nitrogens with zero attached hydrogens (tertiary/aromatic N) is 5. The standard InChI is InChI=1S/C24H27N7O8S2/c1-30-23(27-28-29-30)41-12-14-11-40-22-24(39-2,21(38)31(22)17(14)20(36)37)26-16(32)10-6-9-15(19(34)35)25-18(33)13-7-4-3-5-8-13/h3-5,7-8,15,22H,6,9-12H2,1-2H3,(H,25,33)(H,26,32)(H,34,35)(H,36,37)/t15?,22-,24?/m1/s1. The number of fused-ring (bicyclic) bond motifs is 1. The first kappa shape index (κ1) is 30.0. The molecule has 2 unspecified atom stereocenters. The summed E-state index contributed by atoms with van der Waals surface area (Å²) in [6, 6.07) is 6.91. The summed E-state index contributed by atoms with van der Waals surface area (Å²) in [5.41, 5.74) is -1.16. The molecule has 0 radical (unpaired) electrons. The number of aliphatic carboxylic acids is 2. The van der Waals surface area contributed by atoms with Gasteiger partial charge in [0.05, 0.1) is 0 Å². The van der Waals surface area contributed by atoms with Crippen LogP contribution in [0.25, 0.3) is 0 Å². The van der Waals surface area contributed by atoms with Crippen molar-refractivity contribution in [2.24, 2.45) is 7.05 Å². The molecular weight excluding hydrogens is 578 g/mol. The number of carboxylic acid groups (broad SMARTS) is 2. The third-order valence-electron chi connectivity index (χ3n) is 6.45. The Kier molecular flexibility index (Phi) is 9.29. The summed E-state index contributed by atoms with van der Waals surface area (Å²) in [4.78, 5) is 63.3. The second kappa shape index (κ2) is 12.7. The van der Waals surface area contributed by atoms with E-state index in [2.05, 4.69) is 26.2 Å². The van der Waals surface area contributed by atoms with Crippen molar-refractivity contribution in [2.45, 2.75) is 41.6 Å². The summed E-state index contributed by atoms with van der Waals surface area (Å²) in [7, 11) is 2.89. The molecule has 1 saturated heterocycles. The Morgan fingerprint density at radius 1 is 1.24 bits per heavy atom. The lowest BCUT2D eigenvalue weighted by Gasteiger charge is -2.55. The van der Waals surface area contributed by atoms with Gasteiger partial charge in [0, 0.05) is 37.6 Å². The SMILES string of the molecule is COC1(NC(=O)CCCC(NC(=O)c2ccccc2)C(=O)O)C(=O)N2C(C(=O)O)=C(CSc3nnnn3C)CS[C@@H]21. The van der Waals surface area contributed by atoms with Gasteiger partial charge < -0.3 is 25.6 Å². The fourth-order valence-electron chi connectivity index (χ4n) is 4.37. The molecule has 0 saturated carbocycles. The third-order valence-corrected chi connectivity index (χ3v) is 8.92. The van der Waals surface area contributed by atoms with Crippen molar-refractivity contribution in [3.63, 3.8) is 0 Å². The van der Waals surface area contributed by atoms with Crippen LogP contribution in [-0.4, -0.2) is 101 Å². The van der Waals surface area contributed by atoms with Gasteiger partial charge in [0.15, 0.2) is 0 Å². The number of ether oxygens (including phenoxy) is 1. The van der Waals surface area contributed by atoms with Crippen molar-refractivity contribution in [2.75, 3.05) is 18.6 Å². The summed E-state index contributed by atoms with van der Waals surface area (Å²) in [5.74, 6) is -3.91. The van der Waals surface area contributed by atoms with Crippen LogP contribution in [0.2, 0.25) is 0 Å². The molecule has 0 aliphatic carbocycles. The topological polar surface area (TPSA) is 206 Å². The molecule has 2 aromatic rings. The number of carbonyl (C=O) groups is 5. The zero-order chi connectivity index (χ0) is 29.7. The minimum Gasteiger partial charge on any atom is -0.480 e. The first-order valence-electron chi connectivity index (χ1n) is 12.3. The second-order valence-corrected chi connectivity index (χ2v) is 11.1. The Morgan fingerprint density at radius 2 is 1.98 bits per heavy atom. The van der Waals surface area contributed by atoms with E-state index in [0.717, 1.165) is 4.90 Å². The van der Waals surface area contributed by atoms with E-state index in [1.165, 1.54) is 35.3 Å². The van der Waals surface area contributed by atoms with Gasteiger partial charge in [-0.15, -0.1) is 16.9 Å². The van der Waals surface area contributed by atoms with Gasteiger partial charge >= 0.3 is 11.9 Å². The maximum absolute atomic E-state index is 13.3. The summed E-state index contributed by atoms with van der Waals surface area (Å²) < 4.78 is 6.89. The summed E-state index contributed by atoms with van der Waals surface area (Å²) in [6.07, 6.45) is -0.102. The number of β-lactam (4-membered cyclic amide) rings is 1. The average Bonchev–Trinajstić information content (AvgIpc) is 3.37. The molecule has 2 aliphatic heterocycles. The Labute approximate surface area is 242 Å². The molecule has 0 bridgehead atoms. The number of hydrogen-bond acceptors (Lipinski definition) is 11. The van der Waals surface area contributed by atoms with Gasteiger partial charge in [0.25, 0.3) is 17.5 Å². The molecule has 41 heavy (non-hydrogen) atoms. The van der Waals surface area contributed by atoms with Crippen molar-refractivity contribution < 1.29 is 38.9 Å². The van der Waals surface area contributed by atoms with Crippen LogP contribution in [0.4, 0.5) is 0 Å². The number of amides is 3. The number of methoxy groups -OCH3 is 1. The smallest absolute Gasteiger partial charge is 0.352 e. The molecule has 3 heterocycles. The molecule has 1 aromatic heterocycles. The largest absolute Gasteiger partial charge is 0.480 e. The first-order chi connectivity index (χ1) is 19.6. The lowest BCUT2D eigenvalue weighted by atomic mass is 9.98. The quantitative estimate of drug-likeness (QED) is 0.136. The van der Waals surface area contributed by atoms with Crippen LogP contribution in [0, 0.1) is 0 Å². The summed E-state index contributed by atoms with van der Waals surface area (Å²) >= 11 is 2.47. The van der Waals surface area contributed by atoms with Gasteiger partial charge in [-0.05, 0) is 41.0 Å². The Balaban J connectivity index is 1.36. The molecule has 4 N–H and O–H groups in total. The predicted octanol–water partition coefficient (Wildman–Crippen LogP) is 0.0684. The van der Waals surface area contributed by atoms with Gasteiger partial charge in [-0.3, -0.25) is 19.3 Å². The number of rotatable bonds is 13. The highest BCUT2D eigenvalue weighted by atomic mass is 32.2. The average molecular weight is 606 g/mol. The van der Waals surface area contributed by atoms with E-state index in [4.69, 9.17) is 4.74 Å². The minimum atomic E-state index is -1.78. The highest BCUT2D eigenvalue weighted by Gasteiger charge is 2.66. The lowest BCUT2D eigenvalue weighted by Crippen LogP contribution is -2.80. The molecular formula is C24H27N7O8S2. The number of aryl methyl sites for hydroxylation is 1. The lowest BCUT2D eigenvalue weighted by molar-refractivity contribution is -0.192. The molecule has 2 aliphatic rings. The second-order valence-electron chi connectivity index (χ2n) is 9.08. The van der Waals surface area contributed by atoms with E-state index in [0.29, 0.717) is 16.3 Å². The maximum Gasteiger partial charge on any atom is 0.352 e. The molecule has 3 atom stereocenters. The number of aromatic nitrogens is 4. The van der Waals surface area contributed by atoms with Crippen molar-refractivity contribution in [3.8, 4) is 0 Å². The fourth-order valence-corrected chi connectivity index (χ4v) is 6.80. The van der Waals surface area contributed by atoms with E-state index in [1.807, 2.05) is 0 Å². The Bertz CT molecular complexity index is 1380. The van der Waals surface area contributed by atoms with E-state index in [9.17, 15) is 34.2 Å². The summed E-state index contributed by atoms with van der Waals surface area (Å²) in [6.45, 7) is 0. The molecule has 218 valence electrons. The van der Waals surface area contributed by atoms with Crippen LogP contribution in [0.5, 0.6) is 0 Å². The van der Waals surface area contributed by atoms with Crippen LogP contribution in [-0.2, 0) is 31.0 Å². The van der Waals surface area contributed by atoms with E-state index >= 15 is 0 Å². The van der Waals surface area contributed by atoms with Crippen molar-refractivity contribution in [3.05, 3.63) is 47.2 Å². The van der Waals surface area contributed by atoms with E-state index in [1.54, 1.807) is 37.4 Å². The zero-order valence-corrected chi connectivity index (χ0v) is 23.6. The highest BCUT2D eigenvalue weighted by molar-refractivity contribution is 8.01. The molecule has 4 rings (SSSR count). The highest BCUT2D eigenvalue weighted by Crippen LogP contribution is 2.47. The summed E-state index contributed by atoms with van der Waals surface area (Å²) in [5, 5.41) is 35.2. The Hall–Kier alpha value is -3.96. The maximum atomic E-state index is 13.3. The number of hydrogen-bond donors (Lipinski definition) is 4. The minimum absolute atomic E-state index is 0.0342. The van der Waals surface area contributed by atoms with Crippen molar-refractivity contribution in [1.29, 1.82) is 0 Å². The van der Waals surface area contributed by atoms with Gasteiger partial charge in [0.1, 0.15) is 17.1 Å². The van der Waals surface area contributed by atoms with Gasteiger partial charge in [-0.1, -0.05) is 30.0 Å². The zero-order valence-electron chi connectivity index (χ0n) is 22.0. The molecule has 3 amide bonds. The number of carbonyl (C=O) groups excluding carboxylic acids is 3. The van der Waals surface area contributed by atoms with Gasteiger partial charge in [-0.25, -0.2) is 14.3 Å². The fraction of sp³-hybridized carbons (Fsp3) is 0.417. The number of benzene rings is 1. The van der Waals surface area contributed by atoms with E-state index < -0.39 is 46.8 Å². The Morgan fingerprint density at radius 3 is 2.59 bits per heavy atom. The predicted molar refractivity (Wildman–Crippen MR) is 144 cm³/mol. The monoisotopic (exact) mass is 605 g/mol. The van der Waals surface area contributed by atoms with Gasteiger partial charge in [-0.2, -0.15) is 0 Å². The van der Waals surface area contributed by atoms with E-state index in [-0.39, 0.29) is 36.5 Å². The van der Waals surface area contributed by atoms with Crippen LogP contribution in [0.3, 0.4) is 0 Å². The molecule has 17 heteroatoms. The normalized spacial score (nSPS) is 20.6. The molecule has 1 fully saturated rings. The molecule has 1 aromatic carbocycles.